The summed E-state index contributed by atoms with van der Waals surface area (Å²) in [4.78, 5) is 12.7. The number of ketones is 1. The lowest BCUT2D eigenvalue weighted by molar-refractivity contribution is -0.147. The van der Waals surface area contributed by atoms with Crippen molar-refractivity contribution in [3.05, 3.63) is 0 Å². The van der Waals surface area contributed by atoms with Gasteiger partial charge in [-0.2, -0.15) is 0 Å². The highest BCUT2D eigenvalue weighted by atomic mass is 16.5. The van der Waals surface area contributed by atoms with Crippen molar-refractivity contribution >= 4 is 5.78 Å². The van der Waals surface area contributed by atoms with Gasteiger partial charge in [0.2, 0.25) is 0 Å². The number of hydrogen-bond acceptors (Lipinski definition) is 3. The third kappa shape index (κ3) is 2.87. The summed E-state index contributed by atoms with van der Waals surface area (Å²) in [6.07, 6.45) is 8.90. The molecule has 1 aliphatic heterocycles. The lowest BCUT2D eigenvalue weighted by Crippen LogP contribution is -2.43. The maximum atomic E-state index is 12.7. The Morgan fingerprint density at radius 3 is 2.68 bits per heavy atom. The van der Waals surface area contributed by atoms with Crippen LogP contribution in [-0.2, 0) is 14.3 Å². The standard InChI is InChI=1S/C16H26O3/c1-2-18-15(12-5-6-12)14(17)13-7-10-19-16(11-13)8-3-4-9-16/h12-13,15H,2-11H2,1H3. The molecular formula is C16H26O3. The van der Waals surface area contributed by atoms with Crippen molar-refractivity contribution in [2.24, 2.45) is 11.8 Å². The predicted octanol–water partition coefficient (Wildman–Crippen LogP) is 3.11. The molecule has 0 aromatic carbocycles. The van der Waals surface area contributed by atoms with Crippen molar-refractivity contribution in [2.45, 2.75) is 70.0 Å². The first-order valence-electron chi connectivity index (χ1n) is 8.03. The summed E-state index contributed by atoms with van der Waals surface area (Å²) >= 11 is 0. The summed E-state index contributed by atoms with van der Waals surface area (Å²) < 4.78 is 11.8. The zero-order valence-electron chi connectivity index (χ0n) is 12.0. The minimum Gasteiger partial charge on any atom is -0.375 e. The SMILES string of the molecule is CCOC(C(=O)C1CCOC2(CCCC2)C1)C1CC1. The minimum absolute atomic E-state index is 0.0406. The third-order valence-corrected chi connectivity index (χ3v) is 5.09. The van der Waals surface area contributed by atoms with Crippen molar-refractivity contribution in [3.63, 3.8) is 0 Å². The van der Waals surface area contributed by atoms with Crippen LogP contribution in [0.25, 0.3) is 0 Å². The average molecular weight is 266 g/mol. The fourth-order valence-corrected chi connectivity index (χ4v) is 3.90. The van der Waals surface area contributed by atoms with Gasteiger partial charge < -0.3 is 9.47 Å². The van der Waals surface area contributed by atoms with Gasteiger partial charge in [0.05, 0.1) is 5.60 Å². The van der Waals surface area contributed by atoms with Crippen LogP contribution in [-0.4, -0.2) is 30.7 Å². The van der Waals surface area contributed by atoms with E-state index < -0.39 is 0 Å². The van der Waals surface area contributed by atoms with E-state index in [1.165, 1.54) is 25.7 Å². The molecule has 2 aliphatic carbocycles. The van der Waals surface area contributed by atoms with E-state index in [2.05, 4.69) is 0 Å². The topological polar surface area (TPSA) is 35.5 Å². The molecule has 1 heterocycles. The summed E-state index contributed by atoms with van der Waals surface area (Å²) in [5.74, 6) is 1.07. The van der Waals surface area contributed by atoms with Gasteiger partial charge in [-0.25, -0.2) is 0 Å². The van der Waals surface area contributed by atoms with Crippen LogP contribution >= 0.6 is 0 Å². The van der Waals surface area contributed by atoms with Crippen molar-refractivity contribution in [1.29, 1.82) is 0 Å². The average Bonchev–Trinajstić information content (AvgIpc) is 3.18. The zero-order valence-corrected chi connectivity index (χ0v) is 12.0. The van der Waals surface area contributed by atoms with E-state index in [9.17, 15) is 4.79 Å². The third-order valence-electron chi connectivity index (χ3n) is 5.09. The summed E-state index contributed by atoms with van der Waals surface area (Å²) in [5, 5.41) is 0. The highest BCUT2D eigenvalue weighted by molar-refractivity contribution is 5.86. The molecule has 0 amide bonds. The molecule has 0 N–H and O–H groups in total. The van der Waals surface area contributed by atoms with Crippen LogP contribution in [0.2, 0.25) is 0 Å². The molecule has 2 unspecified atom stereocenters. The molecule has 0 bridgehead atoms. The van der Waals surface area contributed by atoms with Crippen molar-refractivity contribution in [3.8, 4) is 0 Å². The summed E-state index contributed by atoms with van der Waals surface area (Å²) in [7, 11) is 0. The predicted molar refractivity (Wildman–Crippen MR) is 73.0 cm³/mol. The van der Waals surface area contributed by atoms with E-state index in [1.54, 1.807) is 0 Å². The molecule has 2 atom stereocenters. The molecule has 2 saturated carbocycles. The van der Waals surface area contributed by atoms with Gasteiger partial charge in [0.1, 0.15) is 6.10 Å². The Bertz CT molecular complexity index is 329. The largest absolute Gasteiger partial charge is 0.375 e. The van der Waals surface area contributed by atoms with Crippen molar-refractivity contribution < 1.29 is 14.3 Å². The molecular weight excluding hydrogens is 240 g/mol. The normalized spacial score (nSPS) is 31.5. The van der Waals surface area contributed by atoms with Gasteiger partial charge in [-0.05, 0) is 51.4 Å². The Kier molecular flexibility index (Phi) is 3.95. The minimum atomic E-state index is -0.119. The Balaban J connectivity index is 1.64. The van der Waals surface area contributed by atoms with Crippen LogP contribution in [0, 0.1) is 11.8 Å². The molecule has 19 heavy (non-hydrogen) atoms. The van der Waals surface area contributed by atoms with Crippen molar-refractivity contribution in [2.75, 3.05) is 13.2 Å². The first-order chi connectivity index (χ1) is 9.24. The summed E-state index contributed by atoms with van der Waals surface area (Å²) in [6, 6.07) is 0. The van der Waals surface area contributed by atoms with Crippen LogP contribution in [0.5, 0.6) is 0 Å². The van der Waals surface area contributed by atoms with Crippen LogP contribution in [0.4, 0.5) is 0 Å². The number of ether oxygens (including phenoxy) is 2. The van der Waals surface area contributed by atoms with Crippen LogP contribution < -0.4 is 0 Å². The quantitative estimate of drug-likeness (QED) is 0.767. The lowest BCUT2D eigenvalue weighted by atomic mass is 9.80. The second-order valence-electron chi connectivity index (χ2n) is 6.54. The summed E-state index contributed by atoms with van der Waals surface area (Å²) in [5.41, 5.74) is 0.0406. The van der Waals surface area contributed by atoms with E-state index in [4.69, 9.17) is 9.47 Å². The Morgan fingerprint density at radius 1 is 1.32 bits per heavy atom. The lowest BCUT2D eigenvalue weighted by Gasteiger charge is -2.38. The number of carbonyl (C=O) groups excluding carboxylic acids is 1. The molecule has 1 saturated heterocycles. The van der Waals surface area contributed by atoms with Gasteiger partial charge in [-0.15, -0.1) is 0 Å². The zero-order chi connectivity index (χ0) is 13.3. The Labute approximate surface area is 116 Å². The number of carbonyl (C=O) groups is 1. The van der Waals surface area contributed by atoms with Gasteiger partial charge in [-0.3, -0.25) is 4.79 Å². The van der Waals surface area contributed by atoms with E-state index in [-0.39, 0.29) is 17.6 Å². The highest BCUT2D eigenvalue weighted by Gasteiger charge is 2.46. The first-order valence-corrected chi connectivity index (χ1v) is 8.03. The van der Waals surface area contributed by atoms with Crippen LogP contribution in [0.1, 0.15) is 58.3 Å². The molecule has 3 nitrogen and oxygen atoms in total. The first kappa shape index (κ1) is 13.6. The highest BCUT2D eigenvalue weighted by Crippen LogP contribution is 2.44. The Hall–Kier alpha value is -0.410. The van der Waals surface area contributed by atoms with Crippen molar-refractivity contribution in [1.82, 2.24) is 0 Å². The molecule has 0 aromatic rings. The second kappa shape index (κ2) is 5.53. The van der Waals surface area contributed by atoms with Crippen LogP contribution in [0.3, 0.4) is 0 Å². The monoisotopic (exact) mass is 266 g/mol. The second-order valence-corrected chi connectivity index (χ2v) is 6.54. The van der Waals surface area contributed by atoms with Crippen LogP contribution in [0.15, 0.2) is 0 Å². The van der Waals surface area contributed by atoms with Gasteiger partial charge in [0.25, 0.3) is 0 Å². The van der Waals surface area contributed by atoms with Gasteiger partial charge in [0, 0.05) is 19.1 Å². The molecule has 1 spiro atoms. The van der Waals surface area contributed by atoms with Gasteiger partial charge in [-0.1, -0.05) is 12.8 Å². The number of rotatable bonds is 5. The van der Waals surface area contributed by atoms with E-state index in [1.807, 2.05) is 6.92 Å². The smallest absolute Gasteiger partial charge is 0.165 e. The molecule has 0 radical (unpaired) electrons. The number of Topliss-reactive ketones (excluding diaryl/α,β-unsaturated/α-hetero) is 1. The molecule has 3 heteroatoms. The maximum absolute atomic E-state index is 12.7. The fraction of sp³-hybridized carbons (Fsp3) is 0.938. The molecule has 108 valence electrons. The molecule has 3 rings (SSSR count). The van der Waals surface area contributed by atoms with E-state index in [0.29, 0.717) is 18.3 Å². The Morgan fingerprint density at radius 2 is 2.05 bits per heavy atom. The van der Waals surface area contributed by atoms with E-state index >= 15 is 0 Å². The number of hydrogen-bond donors (Lipinski definition) is 0. The van der Waals surface area contributed by atoms with Gasteiger partial charge in [0.15, 0.2) is 5.78 Å². The molecule has 0 aromatic heterocycles. The molecule has 3 aliphatic rings. The summed E-state index contributed by atoms with van der Waals surface area (Å²) in [6.45, 7) is 3.41. The fourth-order valence-electron chi connectivity index (χ4n) is 3.90. The van der Waals surface area contributed by atoms with Gasteiger partial charge >= 0.3 is 0 Å². The maximum Gasteiger partial charge on any atom is 0.165 e. The molecule has 3 fully saturated rings. The van der Waals surface area contributed by atoms with E-state index in [0.717, 1.165) is 32.3 Å².